The van der Waals surface area contributed by atoms with Gasteiger partial charge in [0.05, 0.1) is 6.10 Å². The largest absolute Gasteiger partial charge is 0.508 e. The molecular weight excluding hydrogens is 238 g/mol. The first-order valence-electron chi connectivity index (χ1n) is 7.30. The Morgan fingerprint density at radius 3 is 2.42 bits per heavy atom. The predicted octanol–water partition coefficient (Wildman–Crippen LogP) is 2.81. The minimum atomic E-state index is 0.111. The molecule has 1 heterocycles. The van der Waals surface area contributed by atoms with Gasteiger partial charge in [-0.2, -0.15) is 0 Å². The fraction of sp³-hybridized carbons (Fsp3) is 0.625. The van der Waals surface area contributed by atoms with Crippen LogP contribution in [-0.2, 0) is 4.74 Å². The van der Waals surface area contributed by atoms with E-state index in [0.717, 1.165) is 23.9 Å². The van der Waals surface area contributed by atoms with Crippen LogP contribution in [0.25, 0.3) is 0 Å². The molecule has 3 atom stereocenters. The molecule has 2 fully saturated rings. The van der Waals surface area contributed by atoms with Crippen molar-refractivity contribution in [3.8, 4) is 5.75 Å². The lowest BCUT2D eigenvalue weighted by molar-refractivity contribution is 0.0686. The zero-order valence-corrected chi connectivity index (χ0v) is 11.6. The molecule has 0 aromatic heterocycles. The van der Waals surface area contributed by atoms with E-state index in [-0.39, 0.29) is 6.10 Å². The van der Waals surface area contributed by atoms with Crippen LogP contribution in [0.5, 0.6) is 5.75 Å². The Bertz CT molecular complexity index is 405. The molecule has 0 spiro atoms. The molecular formula is C16H23NO2. The molecule has 1 aromatic rings. The first kappa shape index (κ1) is 12.9. The van der Waals surface area contributed by atoms with Crippen molar-refractivity contribution < 1.29 is 9.84 Å². The maximum Gasteiger partial charge on any atom is 0.115 e. The van der Waals surface area contributed by atoms with Gasteiger partial charge in [-0.25, -0.2) is 0 Å². The Kier molecular flexibility index (Phi) is 3.76. The first-order chi connectivity index (χ1) is 9.26. The molecule has 3 rings (SSSR count). The molecule has 1 N–H and O–H groups in total. The summed E-state index contributed by atoms with van der Waals surface area (Å²) in [5.74, 6) is 2.17. The minimum Gasteiger partial charge on any atom is -0.508 e. The second kappa shape index (κ2) is 5.51. The number of nitrogens with zero attached hydrogens (tertiary/aromatic N) is 1. The van der Waals surface area contributed by atoms with Crippen LogP contribution in [0.2, 0.25) is 0 Å². The molecule has 19 heavy (non-hydrogen) atoms. The highest BCUT2D eigenvalue weighted by Crippen LogP contribution is 2.38. The van der Waals surface area contributed by atoms with Crippen LogP contribution >= 0.6 is 0 Å². The quantitative estimate of drug-likeness (QED) is 0.904. The maximum atomic E-state index is 9.35. The lowest BCUT2D eigenvalue weighted by atomic mass is 10.0. The first-order valence-corrected chi connectivity index (χ1v) is 7.30. The summed E-state index contributed by atoms with van der Waals surface area (Å²) in [6.07, 6.45) is 4.37. The average molecular weight is 261 g/mol. The van der Waals surface area contributed by atoms with E-state index in [4.69, 9.17) is 4.74 Å². The van der Waals surface area contributed by atoms with Crippen molar-refractivity contribution in [1.29, 1.82) is 0 Å². The molecule has 3 heteroatoms. The SMILES string of the molecule is COC(CN1CC2CCC[C@H]2C1)c1ccc(O)cc1. The van der Waals surface area contributed by atoms with E-state index in [1.165, 1.54) is 32.4 Å². The molecule has 104 valence electrons. The van der Waals surface area contributed by atoms with Crippen LogP contribution in [0.1, 0.15) is 30.9 Å². The number of methoxy groups -OCH3 is 1. The molecule has 1 saturated heterocycles. The van der Waals surface area contributed by atoms with Gasteiger partial charge in [0.1, 0.15) is 5.75 Å². The van der Waals surface area contributed by atoms with Crippen molar-refractivity contribution in [2.45, 2.75) is 25.4 Å². The third kappa shape index (κ3) is 2.77. The Balaban J connectivity index is 1.62. The van der Waals surface area contributed by atoms with Crippen LogP contribution < -0.4 is 0 Å². The highest BCUT2D eigenvalue weighted by atomic mass is 16.5. The Morgan fingerprint density at radius 1 is 1.21 bits per heavy atom. The second-order valence-corrected chi connectivity index (χ2v) is 5.99. The molecule has 2 unspecified atom stereocenters. The number of rotatable bonds is 4. The van der Waals surface area contributed by atoms with Gasteiger partial charge in [-0.05, 0) is 42.4 Å². The van der Waals surface area contributed by atoms with Crippen molar-refractivity contribution >= 4 is 0 Å². The highest BCUT2D eigenvalue weighted by Gasteiger charge is 2.36. The fourth-order valence-corrected chi connectivity index (χ4v) is 3.72. The number of ether oxygens (including phenoxy) is 1. The number of phenols is 1. The van der Waals surface area contributed by atoms with Gasteiger partial charge in [0.25, 0.3) is 0 Å². The lowest BCUT2D eigenvalue weighted by Crippen LogP contribution is -2.28. The summed E-state index contributed by atoms with van der Waals surface area (Å²) in [7, 11) is 1.77. The maximum absolute atomic E-state index is 9.35. The van der Waals surface area contributed by atoms with Crippen molar-refractivity contribution in [3.63, 3.8) is 0 Å². The van der Waals surface area contributed by atoms with Gasteiger partial charge in [0.2, 0.25) is 0 Å². The number of benzene rings is 1. The topological polar surface area (TPSA) is 32.7 Å². The molecule has 1 saturated carbocycles. The van der Waals surface area contributed by atoms with Crippen molar-refractivity contribution in [2.24, 2.45) is 11.8 Å². The summed E-state index contributed by atoms with van der Waals surface area (Å²) in [5.41, 5.74) is 1.15. The summed E-state index contributed by atoms with van der Waals surface area (Å²) < 4.78 is 5.64. The van der Waals surface area contributed by atoms with E-state index in [9.17, 15) is 5.11 Å². The zero-order chi connectivity index (χ0) is 13.2. The summed E-state index contributed by atoms with van der Waals surface area (Å²) in [5, 5.41) is 9.35. The minimum absolute atomic E-state index is 0.111. The van der Waals surface area contributed by atoms with Gasteiger partial charge in [-0.1, -0.05) is 18.6 Å². The van der Waals surface area contributed by atoms with Crippen molar-refractivity contribution in [3.05, 3.63) is 29.8 Å². The summed E-state index contributed by atoms with van der Waals surface area (Å²) >= 11 is 0. The van der Waals surface area contributed by atoms with E-state index < -0.39 is 0 Å². The number of likely N-dealkylation sites (tertiary alicyclic amines) is 1. The third-order valence-corrected chi connectivity index (χ3v) is 4.78. The molecule has 1 aliphatic carbocycles. The van der Waals surface area contributed by atoms with E-state index in [2.05, 4.69) is 4.90 Å². The van der Waals surface area contributed by atoms with Crippen LogP contribution in [0, 0.1) is 11.8 Å². The van der Waals surface area contributed by atoms with E-state index in [1.807, 2.05) is 12.1 Å². The van der Waals surface area contributed by atoms with E-state index in [1.54, 1.807) is 19.2 Å². The Morgan fingerprint density at radius 2 is 1.84 bits per heavy atom. The molecule has 0 radical (unpaired) electrons. The molecule has 1 aliphatic heterocycles. The summed E-state index contributed by atoms with van der Waals surface area (Å²) in [4.78, 5) is 2.55. The third-order valence-electron chi connectivity index (χ3n) is 4.78. The number of phenolic OH excluding ortho intramolecular Hbond substituents is 1. The smallest absolute Gasteiger partial charge is 0.115 e. The Hall–Kier alpha value is -1.06. The van der Waals surface area contributed by atoms with E-state index >= 15 is 0 Å². The number of fused-ring (bicyclic) bond motifs is 1. The van der Waals surface area contributed by atoms with Crippen molar-refractivity contribution in [1.82, 2.24) is 4.90 Å². The van der Waals surface area contributed by atoms with Gasteiger partial charge in [0.15, 0.2) is 0 Å². The monoisotopic (exact) mass is 261 g/mol. The molecule has 1 aromatic carbocycles. The number of aromatic hydroxyl groups is 1. The van der Waals surface area contributed by atoms with Gasteiger partial charge in [0, 0.05) is 26.7 Å². The van der Waals surface area contributed by atoms with Crippen LogP contribution in [0.3, 0.4) is 0 Å². The number of hydrogen-bond donors (Lipinski definition) is 1. The van der Waals surface area contributed by atoms with Gasteiger partial charge in [-0.15, -0.1) is 0 Å². The highest BCUT2D eigenvalue weighted by molar-refractivity contribution is 5.27. The lowest BCUT2D eigenvalue weighted by Gasteiger charge is -2.23. The van der Waals surface area contributed by atoms with Gasteiger partial charge >= 0.3 is 0 Å². The van der Waals surface area contributed by atoms with Crippen LogP contribution in [-0.4, -0.2) is 36.8 Å². The van der Waals surface area contributed by atoms with Gasteiger partial charge in [-0.3, -0.25) is 4.90 Å². The summed E-state index contributed by atoms with van der Waals surface area (Å²) in [6, 6.07) is 7.39. The van der Waals surface area contributed by atoms with Crippen LogP contribution in [0.15, 0.2) is 24.3 Å². The normalized spacial score (nSPS) is 28.5. The summed E-state index contributed by atoms with van der Waals surface area (Å²) in [6.45, 7) is 3.44. The zero-order valence-electron chi connectivity index (χ0n) is 11.6. The Labute approximate surface area is 115 Å². The molecule has 0 bridgehead atoms. The second-order valence-electron chi connectivity index (χ2n) is 5.99. The predicted molar refractivity (Wildman–Crippen MR) is 75.1 cm³/mol. The standard InChI is InChI=1S/C16H23NO2/c1-19-16(12-5-7-15(18)8-6-12)11-17-9-13-3-2-4-14(13)10-17/h5-8,13-14,16,18H,2-4,9-11H2,1H3/t13-,14?,16?/m0/s1. The molecule has 0 amide bonds. The molecule has 3 nitrogen and oxygen atoms in total. The van der Waals surface area contributed by atoms with Crippen molar-refractivity contribution in [2.75, 3.05) is 26.7 Å². The number of hydrogen-bond acceptors (Lipinski definition) is 3. The average Bonchev–Trinajstić information content (AvgIpc) is 2.98. The van der Waals surface area contributed by atoms with Crippen LogP contribution in [0.4, 0.5) is 0 Å². The van der Waals surface area contributed by atoms with E-state index in [0.29, 0.717) is 5.75 Å². The molecule has 2 aliphatic rings. The fourth-order valence-electron chi connectivity index (χ4n) is 3.72. The van der Waals surface area contributed by atoms with Gasteiger partial charge < -0.3 is 9.84 Å².